The van der Waals surface area contributed by atoms with E-state index in [1.807, 2.05) is 6.92 Å². The van der Waals surface area contributed by atoms with E-state index in [1.54, 1.807) is 6.07 Å². The lowest BCUT2D eigenvalue weighted by atomic mass is 10.3. The summed E-state index contributed by atoms with van der Waals surface area (Å²) in [6.45, 7) is 2.20. The zero-order valence-corrected chi connectivity index (χ0v) is 14.3. The molecule has 0 spiro atoms. The van der Waals surface area contributed by atoms with Crippen LogP contribution in [0.5, 0.6) is 5.75 Å². The Morgan fingerprint density at radius 3 is 2.65 bits per heavy atom. The zero-order valence-electron chi connectivity index (χ0n) is 13.5. The highest BCUT2D eigenvalue weighted by Gasteiger charge is 2.19. The smallest absolute Gasteiger partial charge is 0.245 e. The van der Waals surface area contributed by atoms with Crippen LogP contribution in [0.2, 0.25) is 0 Å². The van der Waals surface area contributed by atoms with Crippen LogP contribution in [0.4, 0.5) is 5.69 Å². The lowest BCUT2D eigenvalue weighted by Gasteiger charge is -2.15. The SMILES string of the molecule is CCc1noc(CNc2cc(S(=O)(=O)N(C)C)ccc2OC)n1. The summed E-state index contributed by atoms with van der Waals surface area (Å²) in [4.78, 5) is 4.36. The van der Waals surface area contributed by atoms with E-state index < -0.39 is 10.0 Å². The molecule has 126 valence electrons. The predicted molar refractivity (Wildman–Crippen MR) is 84.9 cm³/mol. The van der Waals surface area contributed by atoms with Crippen molar-refractivity contribution < 1.29 is 17.7 Å². The molecule has 8 nitrogen and oxygen atoms in total. The maximum atomic E-state index is 12.2. The molecule has 0 atom stereocenters. The number of anilines is 1. The maximum Gasteiger partial charge on any atom is 0.245 e. The van der Waals surface area contributed by atoms with Crippen LogP contribution in [-0.2, 0) is 23.0 Å². The number of ether oxygens (including phenoxy) is 1. The van der Waals surface area contributed by atoms with Gasteiger partial charge in [0.25, 0.3) is 0 Å². The van der Waals surface area contributed by atoms with Crippen LogP contribution in [0.15, 0.2) is 27.6 Å². The van der Waals surface area contributed by atoms with Gasteiger partial charge in [-0.05, 0) is 18.2 Å². The van der Waals surface area contributed by atoms with E-state index in [1.165, 1.54) is 33.3 Å². The Morgan fingerprint density at radius 2 is 2.09 bits per heavy atom. The van der Waals surface area contributed by atoms with Crippen LogP contribution < -0.4 is 10.1 Å². The molecule has 0 unspecified atom stereocenters. The number of rotatable bonds is 7. The van der Waals surface area contributed by atoms with Crippen molar-refractivity contribution in [1.82, 2.24) is 14.4 Å². The molecule has 1 heterocycles. The summed E-state index contributed by atoms with van der Waals surface area (Å²) in [6, 6.07) is 4.62. The van der Waals surface area contributed by atoms with Gasteiger partial charge >= 0.3 is 0 Å². The largest absolute Gasteiger partial charge is 0.495 e. The summed E-state index contributed by atoms with van der Waals surface area (Å²) in [7, 11) is 0.963. The molecular weight excluding hydrogens is 320 g/mol. The van der Waals surface area contributed by atoms with Gasteiger partial charge in [-0.25, -0.2) is 12.7 Å². The molecule has 0 aliphatic rings. The Balaban J connectivity index is 2.25. The second-order valence-corrected chi connectivity index (χ2v) is 7.11. The van der Waals surface area contributed by atoms with E-state index in [2.05, 4.69) is 15.5 Å². The number of nitrogens with one attached hydrogen (secondary N) is 1. The van der Waals surface area contributed by atoms with Gasteiger partial charge in [0.2, 0.25) is 15.9 Å². The number of hydrogen-bond acceptors (Lipinski definition) is 7. The number of nitrogens with zero attached hydrogens (tertiary/aromatic N) is 3. The van der Waals surface area contributed by atoms with Gasteiger partial charge in [-0.1, -0.05) is 12.1 Å². The molecule has 0 bridgehead atoms. The fraction of sp³-hybridized carbons (Fsp3) is 0.429. The van der Waals surface area contributed by atoms with Crippen molar-refractivity contribution in [2.75, 3.05) is 26.5 Å². The van der Waals surface area contributed by atoms with E-state index in [0.29, 0.717) is 29.6 Å². The summed E-state index contributed by atoms with van der Waals surface area (Å²) < 4.78 is 35.9. The summed E-state index contributed by atoms with van der Waals surface area (Å²) in [5.74, 6) is 1.57. The number of sulfonamides is 1. The van der Waals surface area contributed by atoms with Crippen molar-refractivity contribution in [3.63, 3.8) is 0 Å². The minimum absolute atomic E-state index is 0.172. The summed E-state index contributed by atoms with van der Waals surface area (Å²) in [5.41, 5.74) is 0.534. The third-order valence-electron chi connectivity index (χ3n) is 3.21. The molecule has 0 saturated heterocycles. The van der Waals surface area contributed by atoms with Crippen LogP contribution in [-0.4, -0.2) is 44.1 Å². The van der Waals surface area contributed by atoms with Gasteiger partial charge in [-0.15, -0.1) is 0 Å². The van der Waals surface area contributed by atoms with Gasteiger partial charge in [0.15, 0.2) is 5.82 Å². The first-order valence-electron chi connectivity index (χ1n) is 7.04. The average molecular weight is 340 g/mol. The number of methoxy groups -OCH3 is 1. The maximum absolute atomic E-state index is 12.2. The topological polar surface area (TPSA) is 97.6 Å². The van der Waals surface area contributed by atoms with Gasteiger partial charge in [-0.3, -0.25) is 0 Å². The van der Waals surface area contributed by atoms with Gasteiger partial charge in [0, 0.05) is 20.5 Å². The van der Waals surface area contributed by atoms with Crippen LogP contribution >= 0.6 is 0 Å². The molecule has 0 aliphatic carbocycles. The van der Waals surface area contributed by atoms with Crippen molar-refractivity contribution in [2.45, 2.75) is 24.8 Å². The third kappa shape index (κ3) is 3.80. The van der Waals surface area contributed by atoms with Crippen molar-refractivity contribution in [1.29, 1.82) is 0 Å². The Bertz CT molecular complexity index is 771. The minimum atomic E-state index is -3.52. The molecule has 1 aromatic heterocycles. The van der Waals surface area contributed by atoms with Gasteiger partial charge in [0.1, 0.15) is 5.75 Å². The van der Waals surface area contributed by atoms with Gasteiger partial charge < -0.3 is 14.6 Å². The fourth-order valence-corrected chi connectivity index (χ4v) is 2.80. The molecule has 0 saturated carbocycles. The Labute approximate surface area is 135 Å². The lowest BCUT2D eigenvalue weighted by molar-refractivity contribution is 0.377. The van der Waals surface area contributed by atoms with Gasteiger partial charge in [-0.2, -0.15) is 4.98 Å². The second kappa shape index (κ2) is 6.97. The quantitative estimate of drug-likeness (QED) is 0.815. The van der Waals surface area contributed by atoms with Crippen molar-refractivity contribution in [3.05, 3.63) is 29.9 Å². The molecule has 0 fully saturated rings. The van der Waals surface area contributed by atoms with Crippen LogP contribution in [0.1, 0.15) is 18.6 Å². The van der Waals surface area contributed by atoms with E-state index in [0.717, 1.165) is 4.31 Å². The highest BCUT2D eigenvalue weighted by molar-refractivity contribution is 7.89. The molecule has 23 heavy (non-hydrogen) atoms. The molecule has 0 amide bonds. The molecule has 0 radical (unpaired) electrons. The first-order valence-corrected chi connectivity index (χ1v) is 8.48. The standard InChI is InChI=1S/C14H20N4O4S/c1-5-13-16-14(22-17-13)9-15-11-8-10(6-7-12(11)21-4)23(19,20)18(2)3/h6-8,15H,5,9H2,1-4H3. The van der Waals surface area contributed by atoms with Crippen molar-refractivity contribution in [3.8, 4) is 5.75 Å². The van der Waals surface area contributed by atoms with Gasteiger partial charge in [0.05, 0.1) is 24.2 Å². The Morgan fingerprint density at radius 1 is 1.35 bits per heavy atom. The molecule has 2 aromatic rings. The predicted octanol–water partition coefficient (Wildman–Crippen LogP) is 1.50. The molecule has 1 aromatic carbocycles. The minimum Gasteiger partial charge on any atom is -0.495 e. The normalized spacial score (nSPS) is 11.7. The van der Waals surface area contributed by atoms with Crippen molar-refractivity contribution >= 4 is 15.7 Å². The molecule has 2 rings (SSSR count). The lowest BCUT2D eigenvalue weighted by Crippen LogP contribution is -2.22. The fourth-order valence-electron chi connectivity index (χ4n) is 1.87. The van der Waals surface area contributed by atoms with E-state index in [9.17, 15) is 8.42 Å². The summed E-state index contributed by atoms with van der Waals surface area (Å²) in [5, 5.41) is 6.87. The molecular formula is C14H20N4O4S. The van der Waals surface area contributed by atoms with E-state index >= 15 is 0 Å². The highest BCUT2D eigenvalue weighted by Crippen LogP contribution is 2.28. The second-order valence-electron chi connectivity index (χ2n) is 4.96. The van der Waals surface area contributed by atoms with E-state index in [-0.39, 0.29) is 11.4 Å². The van der Waals surface area contributed by atoms with Crippen molar-refractivity contribution in [2.24, 2.45) is 0 Å². The average Bonchev–Trinajstić information content (AvgIpc) is 3.00. The monoisotopic (exact) mass is 340 g/mol. The van der Waals surface area contributed by atoms with Crippen LogP contribution in [0, 0.1) is 0 Å². The molecule has 1 N–H and O–H groups in total. The molecule has 9 heteroatoms. The molecule has 0 aliphatic heterocycles. The van der Waals surface area contributed by atoms with Crippen LogP contribution in [0.25, 0.3) is 0 Å². The van der Waals surface area contributed by atoms with E-state index in [4.69, 9.17) is 9.26 Å². The third-order valence-corrected chi connectivity index (χ3v) is 5.02. The Hall–Kier alpha value is -2.13. The Kier molecular flexibility index (Phi) is 5.22. The zero-order chi connectivity index (χ0) is 17.0. The van der Waals surface area contributed by atoms with Crippen LogP contribution in [0.3, 0.4) is 0 Å². The summed E-state index contributed by atoms with van der Waals surface area (Å²) in [6.07, 6.45) is 0.684. The number of aromatic nitrogens is 2. The number of benzene rings is 1. The first kappa shape index (κ1) is 17.2. The highest BCUT2D eigenvalue weighted by atomic mass is 32.2. The number of aryl methyl sites for hydroxylation is 1. The first-order chi connectivity index (χ1) is 10.9. The summed E-state index contributed by atoms with van der Waals surface area (Å²) >= 11 is 0. The number of hydrogen-bond donors (Lipinski definition) is 1.